The van der Waals surface area contributed by atoms with E-state index in [2.05, 4.69) is 5.32 Å². The number of carbonyl (C=O) groups excluding carboxylic acids is 1. The Morgan fingerprint density at radius 1 is 1.12 bits per heavy atom. The third kappa shape index (κ3) is 2.94. The van der Waals surface area contributed by atoms with Gasteiger partial charge < -0.3 is 10.4 Å². The summed E-state index contributed by atoms with van der Waals surface area (Å²) in [6.07, 6.45) is -0.660. The largest absolute Gasteiger partial charge is 0.471 e. The molecule has 0 saturated heterocycles. The number of aliphatic hydroxyl groups is 1. The van der Waals surface area contributed by atoms with Gasteiger partial charge in [0, 0.05) is 5.92 Å². The minimum absolute atomic E-state index is 0.162. The van der Waals surface area contributed by atoms with Gasteiger partial charge in [-0.2, -0.15) is 13.2 Å². The molecule has 1 aromatic rings. The number of rotatable bonds is 3. The standard InChI is InChI=1S/C19H22F3NO2/c20-19(21,22)17(24)23-16(13-4-2-1-3-5-13)15-14-7-11-6-12(8-14)10-18(15,25)9-11/h1-5,11-12,14-16,25H,6-10H2,(H,23,24)/t11-,12+,14-,15-,16+,18-/m1/s1. The maximum atomic E-state index is 12.9. The van der Waals surface area contributed by atoms with Crippen LogP contribution in [-0.4, -0.2) is 22.8 Å². The zero-order valence-electron chi connectivity index (χ0n) is 13.8. The molecule has 6 heteroatoms. The Kier molecular flexibility index (Phi) is 3.87. The normalized spacial score (nSPS) is 37.8. The fourth-order valence-electron chi connectivity index (χ4n) is 5.88. The number of carbonyl (C=O) groups is 1. The first-order chi connectivity index (χ1) is 11.8. The first-order valence-electron chi connectivity index (χ1n) is 8.91. The SMILES string of the molecule is O=C(N[C@@H](c1ccccc1)[C@H]1[C@@H]2C[C@H]3C[C@@H](C2)C[C@]1(O)C3)C(F)(F)F. The second-order valence-corrected chi connectivity index (χ2v) is 8.10. The summed E-state index contributed by atoms with van der Waals surface area (Å²) >= 11 is 0. The quantitative estimate of drug-likeness (QED) is 0.872. The summed E-state index contributed by atoms with van der Waals surface area (Å²) in [7, 11) is 0. The highest BCUT2D eigenvalue weighted by atomic mass is 19.4. The van der Waals surface area contributed by atoms with Crippen LogP contribution in [0.2, 0.25) is 0 Å². The van der Waals surface area contributed by atoms with Crippen LogP contribution in [0.1, 0.15) is 43.7 Å². The Hall–Kier alpha value is -1.56. The number of halogens is 3. The van der Waals surface area contributed by atoms with Gasteiger partial charge in [-0.15, -0.1) is 0 Å². The van der Waals surface area contributed by atoms with Gasteiger partial charge in [0.15, 0.2) is 0 Å². The molecule has 4 aliphatic rings. The molecule has 4 bridgehead atoms. The minimum Gasteiger partial charge on any atom is -0.389 e. The summed E-state index contributed by atoms with van der Waals surface area (Å²) in [5.41, 5.74) is -0.347. The Bertz CT molecular complexity index is 646. The van der Waals surface area contributed by atoms with Crippen LogP contribution >= 0.6 is 0 Å². The van der Waals surface area contributed by atoms with Crippen molar-refractivity contribution in [2.45, 2.75) is 49.9 Å². The molecule has 1 aromatic carbocycles. The molecule has 0 aliphatic heterocycles. The van der Waals surface area contributed by atoms with Crippen molar-refractivity contribution >= 4 is 5.91 Å². The molecule has 0 spiro atoms. The molecule has 4 fully saturated rings. The van der Waals surface area contributed by atoms with Crippen LogP contribution in [-0.2, 0) is 4.79 Å². The molecule has 25 heavy (non-hydrogen) atoms. The molecule has 0 radical (unpaired) electrons. The number of hydrogen-bond donors (Lipinski definition) is 2. The van der Waals surface area contributed by atoms with E-state index in [4.69, 9.17) is 0 Å². The van der Waals surface area contributed by atoms with Crippen molar-refractivity contribution in [3.8, 4) is 0 Å². The van der Waals surface area contributed by atoms with Crippen molar-refractivity contribution in [1.82, 2.24) is 5.32 Å². The molecule has 2 N–H and O–H groups in total. The third-order valence-corrected chi connectivity index (χ3v) is 6.41. The van der Waals surface area contributed by atoms with Gasteiger partial charge >= 0.3 is 12.1 Å². The molecule has 3 nitrogen and oxygen atoms in total. The lowest BCUT2D eigenvalue weighted by Gasteiger charge is -2.60. The molecule has 5 rings (SSSR count). The van der Waals surface area contributed by atoms with Gasteiger partial charge in [0.1, 0.15) is 0 Å². The highest BCUT2D eigenvalue weighted by Gasteiger charge is 2.59. The summed E-state index contributed by atoms with van der Waals surface area (Å²) in [6, 6.07) is 7.94. The molecule has 0 heterocycles. The lowest BCUT2D eigenvalue weighted by molar-refractivity contribution is -0.190. The molecular formula is C19H22F3NO2. The molecule has 0 aromatic heterocycles. The van der Waals surface area contributed by atoms with Crippen LogP contribution < -0.4 is 5.32 Å². The number of amides is 1. The highest BCUT2D eigenvalue weighted by Crippen LogP contribution is 2.61. The number of nitrogens with one attached hydrogen (secondary N) is 1. The average molecular weight is 353 g/mol. The van der Waals surface area contributed by atoms with Gasteiger partial charge in [0.25, 0.3) is 0 Å². The Balaban J connectivity index is 1.69. The second-order valence-electron chi connectivity index (χ2n) is 8.10. The number of hydrogen-bond acceptors (Lipinski definition) is 2. The van der Waals surface area contributed by atoms with E-state index in [0.717, 1.165) is 19.3 Å². The van der Waals surface area contributed by atoms with E-state index in [1.165, 1.54) is 0 Å². The van der Waals surface area contributed by atoms with E-state index in [1.807, 2.05) is 0 Å². The predicted molar refractivity (Wildman–Crippen MR) is 85.4 cm³/mol. The first-order valence-corrected chi connectivity index (χ1v) is 8.91. The fourth-order valence-corrected chi connectivity index (χ4v) is 5.88. The molecule has 1 amide bonds. The van der Waals surface area contributed by atoms with Gasteiger partial charge in [0.2, 0.25) is 0 Å². The van der Waals surface area contributed by atoms with E-state index in [9.17, 15) is 23.1 Å². The Morgan fingerprint density at radius 3 is 2.24 bits per heavy atom. The summed E-state index contributed by atoms with van der Waals surface area (Å²) in [4.78, 5) is 11.7. The molecular weight excluding hydrogens is 331 g/mol. The highest BCUT2D eigenvalue weighted by molar-refractivity contribution is 5.82. The first kappa shape index (κ1) is 16.9. The fraction of sp³-hybridized carbons (Fsp3) is 0.632. The van der Waals surface area contributed by atoms with E-state index in [1.54, 1.807) is 30.3 Å². The van der Waals surface area contributed by atoms with Crippen molar-refractivity contribution in [2.24, 2.45) is 23.7 Å². The second kappa shape index (κ2) is 5.73. The van der Waals surface area contributed by atoms with Crippen molar-refractivity contribution in [2.75, 3.05) is 0 Å². The Labute approximate surface area is 144 Å². The molecule has 6 atom stereocenters. The topological polar surface area (TPSA) is 49.3 Å². The van der Waals surface area contributed by atoms with Gasteiger partial charge in [-0.05, 0) is 55.4 Å². The zero-order chi connectivity index (χ0) is 17.8. The molecule has 4 aliphatic carbocycles. The average Bonchev–Trinajstić information content (AvgIpc) is 2.51. The number of benzene rings is 1. The van der Waals surface area contributed by atoms with Crippen LogP contribution in [0.4, 0.5) is 13.2 Å². The maximum Gasteiger partial charge on any atom is 0.471 e. The van der Waals surface area contributed by atoms with Gasteiger partial charge in [0.05, 0.1) is 11.6 Å². The third-order valence-electron chi connectivity index (χ3n) is 6.41. The van der Waals surface area contributed by atoms with Crippen molar-refractivity contribution < 1.29 is 23.1 Å². The molecule has 4 saturated carbocycles. The number of alkyl halides is 3. The molecule has 136 valence electrons. The lowest BCUT2D eigenvalue weighted by atomic mass is 9.48. The monoisotopic (exact) mass is 353 g/mol. The van der Waals surface area contributed by atoms with Gasteiger partial charge in [-0.3, -0.25) is 4.79 Å². The summed E-state index contributed by atoms with van der Waals surface area (Å²) in [5.74, 6) is -1.20. The minimum atomic E-state index is -4.93. The predicted octanol–water partition coefficient (Wildman–Crippen LogP) is 3.59. The van der Waals surface area contributed by atoms with E-state index >= 15 is 0 Å². The van der Waals surface area contributed by atoms with Crippen LogP contribution in [0.15, 0.2) is 30.3 Å². The summed E-state index contributed by atoms with van der Waals surface area (Å²) in [5, 5.41) is 13.5. The summed E-state index contributed by atoms with van der Waals surface area (Å²) in [6.45, 7) is 0. The van der Waals surface area contributed by atoms with Crippen molar-refractivity contribution in [3.05, 3.63) is 35.9 Å². The lowest BCUT2D eigenvalue weighted by Crippen LogP contribution is -2.61. The van der Waals surface area contributed by atoms with Crippen LogP contribution in [0.5, 0.6) is 0 Å². The summed E-state index contributed by atoms with van der Waals surface area (Å²) < 4.78 is 38.6. The van der Waals surface area contributed by atoms with Crippen LogP contribution in [0.3, 0.4) is 0 Å². The zero-order valence-corrected chi connectivity index (χ0v) is 13.8. The van der Waals surface area contributed by atoms with E-state index in [-0.39, 0.29) is 11.8 Å². The molecule has 0 unspecified atom stereocenters. The van der Waals surface area contributed by atoms with Crippen molar-refractivity contribution in [3.63, 3.8) is 0 Å². The van der Waals surface area contributed by atoms with E-state index < -0.39 is 23.7 Å². The van der Waals surface area contributed by atoms with Crippen LogP contribution in [0.25, 0.3) is 0 Å². The van der Waals surface area contributed by atoms with Crippen LogP contribution in [0, 0.1) is 23.7 Å². The van der Waals surface area contributed by atoms with Gasteiger partial charge in [-0.1, -0.05) is 30.3 Å². The Morgan fingerprint density at radius 2 is 1.72 bits per heavy atom. The van der Waals surface area contributed by atoms with Crippen molar-refractivity contribution in [1.29, 1.82) is 0 Å². The maximum absolute atomic E-state index is 12.9. The smallest absolute Gasteiger partial charge is 0.389 e. The van der Waals surface area contributed by atoms with E-state index in [0.29, 0.717) is 30.2 Å². The van der Waals surface area contributed by atoms with Gasteiger partial charge in [-0.25, -0.2) is 0 Å².